The lowest BCUT2D eigenvalue weighted by Gasteiger charge is -2.41. The first-order chi connectivity index (χ1) is 11.8. The molecule has 0 amide bonds. The predicted molar refractivity (Wildman–Crippen MR) is 85.3 cm³/mol. The molecule has 1 aromatic carbocycles. The first-order valence-corrected chi connectivity index (χ1v) is 7.53. The Morgan fingerprint density at radius 2 is 2.04 bits per heavy atom. The van der Waals surface area contributed by atoms with Crippen molar-refractivity contribution in [3.8, 4) is 11.5 Å². The zero-order chi connectivity index (χ0) is 18.4. The van der Waals surface area contributed by atoms with Gasteiger partial charge in [0.05, 0.1) is 12.7 Å². The SMILES string of the molecule is COC(=O)[C@]12Oc3cc(C)cc(O)c3C(=O)C1=CC=C[C@H]2OC(C)=O. The summed E-state index contributed by atoms with van der Waals surface area (Å²) in [5.74, 6) is -2.34. The second kappa shape index (κ2) is 5.77. The molecule has 130 valence electrons. The highest BCUT2D eigenvalue weighted by molar-refractivity contribution is 6.18. The van der Waals surface area contributed by atoms with Gasteiger partial charge >= 0.3 is 11.9 Å². The Labute approximate surface area is 143 Å². The van der Waals surface area contributed by atoms with Crippen LogP contribution in [0.2, 0.25) is 0 Å². The molecule has 0 saturated heterocycles. The maximum atomic E-state index is 12.9. The summed E-state index contributed by atoms with van der Waals surface area (Å²) in [6, 6.07) is 2.95. The number of phenolic OH excluding ortho intramolecular Hbond substituents is 1. The maximum absolute atomic E-state index is 12.9. The molecule has 1 aliphatic heterocycles. The zero-order valence-corrected chi connectivity index (χ0v) is 13.9. The topological polar surface area (TPSA) is 99.1 Å². The van der Waals surface area contributed by atoms with E-state index in [2.05, 4.69) is 0 Å². The van der Waals surface area contributed by atoms with E-state index in [0.29, 0.717) is 5.56 Å². The highest BCUT2D eigenvalue weighted by Crippen LogP contribution is 2.45. The molecule has 0 spiro atoms. The van der Waals surface area contributed by atoms with E-state index in [1.54, 1.807) is 6.92 Å². The average molecular weight is 344 g/mol. The van der Waals surface area contributed by atoms with Crippen molar-refractivity contribution in [3.05, 3.63) is 47.1 Å². The fourth-order valence-electron chi connectivity index (χ4n) is 3.09. The lowest BCUT2D eigenvalue weighted by molar-refractivity contribution is -0.171. The van der Waals surface area contributed by atoms with Crippen LogP contribution in [0.1, 0.15) is 22.8 Å². The number of hydrogen-bond donors (Lipinski definition) is 1. The first-order valence-electron chi connectivity index (χ1n) is 7.53. The summed E-state index contributed by atoms with van der Waals surface area (Å²) >= 11 is 0. The Bertz CT molecular complexity index is 849. The molecule has 25 heavy (non-hydrogen) atoms. The number of Topliss-reactive ketones (excluding diaryl/α,β-unsaturated/α-hetero) is 1. The molecule has 0 fully saturated rings. The number of methoxy groups -OCH3 is 1. The summed E-state index contributed by atoms with van der Waals surface area (Å²) in [7, 11) is 1.15. The quantitative estimate of drug-likeness (QED) is 0.814. The third-order valence-corrected chi connectivity index (χ3v) is 4.10. The van der Waals surface area contributed by atoms with Gasteiger partial charge in [0.25, 0.3) is 5.60 Å². The van der Waals surface area contributed by atoms with Crippen LogP contribution < -0.4 is 4.74 Å². The van der Waals surface area contributed by atoms with E-state index in [1.165, 1.54) is 37.3 Å². The number of carbonyl (C=O) groups excluding carboxylic acids is 3. The average Bonchev–Trinajstić information content (AvgIpc) is 2.53. The Kier molecular flexibility index (Phi) is 3.87. The van der Waals surface area contributed by atoms with Crippen molar-refractivity contribution in [2.45, 2.75) is 25.6 Å². The number of ether oxygens (including phenoxy) is 3. The van der Waals surface area contributed by atoms with Crippen LogP contribution in [0.3, 0.4) is 0 Å². The zero-order valence-electron chi connectivity index (χ0n) is 13.9. The Balaban J connectivity index is 2.26. The number of hydrogen-bond acceptors (Lipinski definition) is 7. The van der Waals surface area contributed by atoms with Crippen LogP contribution in [-0.2, 0) is 19.1 Å². The van der Waals surface area contributed by atoms with Gasteiger partial charge in [0.1, 0.15) is 17.1 Å². The maximum Gasteiger partial charge on any atom is 0.359 e. The van der Waals surface area contributed by atoms with Crippen LogP contribution in [0.5, 0.6) is 11.5 Å². The number of ketones is 1. The van der Waals surface area contributed by atoms with Crippen LogP contribution >= 0.6 is 0 Å². The molecule has 1 aromatic rings. The van der Waals surface area contributed by atoms with Crippen molar-refractivity contribution >= 4 is 17.7 Å². The number of rotatable bonds is 2. The van der Waals surface area contributed by atoms with E-state index < -0.39 is 29.4 Å². The molecule has 2 atom stereocenters. The molecule has 7 nitrogen and oxygen atoms in total. The summed E-state index contributed by atoms with van der Waals surface area (Å²) in [6.07, 6.45) is 3.14. The largest absolute Gasteiger partial charge is 0.507 e. The Morgan fingerprint density at radius 3 is 2.68 bits per heavy atom. The van der Waals surface area contributed by atoms with E-state index in [-0.39, 0.29) is 22.6 Å². The standard InChI is InChI=1S/C18H16O7/c1-9-7-12(20)15-13(8-9)25-18(17(22)23-3)11(16(15)21)5-4-6-14(18)24-10(2)19/h4-8,14,20H,1-3H3/t14-,18+/m1/s1. The molecule has 3 rings (SSSR count). The monoisotopic (exact) mass is 344 g/mol. The third kappa shape index (κ3) is 2.39. The Morgan fingerprint density at radius 1 is 1.32 bits per heavy atom. The number of allylic oxidation sites excluding steroid dienone is 2. The smallest absolute Gasteiger partial charge is 0.359 e. The fraction of sp³-hybridized carbons (Fsp3) is 0.278. The molecule has 0 radical (unpaired) electrons. The van der Waals surface area contributed by atoms with E-state index in [0.717, 1.165) is 7.11 Å². The minimum Gasteiger partial charge on any atom is -0.507 e. The number of aryl methyl sites for hydroxylation is 1. The molecule has 1 aliphatic carbocycles. The third-order valence-electron chi connectivity index (χ3n) is 4.10. The molecule has 0 saturated carbocycles. The number of benzene rings is 1. The number of fused-ring (bicyclic) bond motifs is 2. The minimum atomic E-state index is -1.96. The second-order valence-corrected chi connectivity index (χ2v) is 5.81. The molecule has 1 N–H and O–H groups in total. The van der Waals surface area contributed by atoms with Crippen LogP contribution in [0.15, 0.2) is 35.9 Å². The minimum absolute atomic E-state index is 0.0255. The lowest BCUT2D eigenvalue weighted by atomic mass is 9.77. The summed E-state index contributed by atoms with van der Waals surface area (Å²) in [5, 5.41) is 10.1. The van der Waals surface area contributed by atoms with E-state index in [1.807, 2.05) is 0 Å². The van der Waals surface area contributed by atoms with Crippen molar-refractivity contribution in [3.63, 3.8) is 0 Å². The number of esters is 2. The van der Waals surface area contributed by atoms with Gasteiger partial charge in [-0.15, -0.1) is 0 Å². The molecule has 0 aromatic heterocycles. The van der Waals surface area contributed by atoms with Gasteiger partial charge in [-0.3, -0.25) is 9.59 Å². The Hall–Kier alpha value is -3.09. The molecule has 1 heterocycles. The summed E-state index contributed by atoms with van der Waals surface area (Å²) in [4.78, 5) is 37.0. The molecular weight excluding hydrogens is 328 g/mol. The van der Waals surface area contributed by atoms with Gasteiger partial charge in [-0.2, -0.15) is 0 Å². The van der Waals surface area contributed by atoms with Crippen LogP contribution in [0.25, 0.3) is 0 Å². The highest BCUT2D eigenvalue weighted by atomic mass is 16.6. The predicted octanol–water partition coefficient (Wildman–Crippen LogP) is 1.62. The normalized spacial score (nSPS) is 23.7. The summed E-state index contributed by atoms with van der Waals surface area (Å²) in [6.45, 7) is 2.89. The first kappa shape index (κ1) is 16.8. The van der Waals surface area contributed by atoms with Gasteiger partial charge < -0.3 is 19.3 Å². The number of carbonyl (C=O) groups is 3. The molecule has 7 heteroatoms. The van der Waals surface area contributed by atoms with Crippen molar-refractivity contribution < 1.29 is 33.7 Å². The van der Waals surface area contributed by atoms with E-state index in [4.69, 9.17) is 14.2 Å². The number of phenols is 1. The van der Waals surface area contributed by atoms with Crippen LogP contribution in [-0.4, -0.2) is 41.6 Å². The van der Waals surface area contributed by atoms with Gasteiger partial charge in [0.15, 0.2) is 6.10 Å². The van der Waals surface area contributed by atoms with Gasteiger partial charge in [-0.05, 0) is 30.7 Å². The van der Waals surface area contributed by atoms with Crippen molar-refractivity contribution in [2.24, 2.45) is 0 Å². The molecular formula is C18H16O7. The molecule has 2 aliphatic rings. The molecule has 0 bridgehead atoms. The van der Waals surface area contributed by atoms with Gasteiger partial charge in [0.2, 0.25) is 5.78 Å². The van der Waals surface area contributed by atoms with Crippen molar-refractivity contribution in [1.29, 1.82) is 0 Å². The lowest BCUT2D eigenvalue weighted by Crippen LogP contribution is -2.61. The highest BCUT2D eigenvalue weighted by Gasteiger charge is 2.60. The fourth-order valence-corrected chi connectivity index (χ4v) is 3.09. The second-order valence-electron chi connectivity index (χ2n) is 5.81. The van der Waals surface area contributed by atoms with Gasteiger partial charge in [0, 0.05) is 6.92 Å². The van der Waals surface area contributed by atoms with Gasteiger partial charge in [-0.25, -0.2) is 4.79 Å². The van der Waals surface area contributed by atoms with Crippen molar-refractivity contribution in [1.82, 2.24) is 0 Å². The summed E-state index contributed by atoms with van der Waals surface area (Å²) in [5.41, 5.74) is -1.45. The van der Waals surface area contributed by atoms with Gasteiger partial charge in [-0.1, -0.05) is 12.2 Å². The number of aromatic hydroxyl groups is 1. The summed E-state index contributed by atoms with van der Waals surface area (Å²) < 4.78 is 15.9. The van der Waals surface area contributed by atoms with E-state index >= 15 is 0 Å². The van der Waals surface area contributed by atoms with Crippen LogP contribution in [0, 0.1) is 6.92 Å². The van der Waals surface area contributed by atoms with Crippen LogP contribution in [0.4, 0.5) is 0 Å². The van der Waals surface area contributed by atoms with E-state index in [9.17, 15) is 19.5 Å². The van der Waals surface area contributed by atoms with Crippen molar-refractivity contribution in [2.75, 3.05) is 7.11 Å². The molecule has 0 unspecified atom stereocenters.